The fourth-order valence-electron chi connectivity index (χ4n) is 2.48. The van der Waals surface area contributed by atoms with Crippen LogP contribution in [0, 0.1) is 0 Å². The van der Waals surface area contributed by atoms with Crippen molar-refractivity contribution in [2.45, 2.75) is 44.9 Å². The van der Waals surface area contributed by atoms with Crippen molar-refractivity contribution < 1.29 is 19.4 Å². The Kier molecular flexibility index (Phi) is 7.40. The van der Waals surface area contributed by atoms with Crippen LogP contribution in [0.4, 0.5) is 0 Å². The Morgan fingerprint density at radius 2 is 1.75 bits per heavy atom. The summed E-state index contributed by atoms with van der Waals surface area (Å²) in [6, 6.07) is 7.62. The molecule has 0 saturated heterocycles. The molecule has 0 bridgehead atoms. The number of aliphatic hydroxyl groups excluding tert-OH is 1. The number of esters is 1. The van der Waals surface area contributed by atoms with Crippen LogP contribution in [0.3, 0.4) is 0 Å². The summed E-state index contributed by atoms with van der Waals surface area (Å²) in [6.07, 6.45) is 8.26. The second kappa shape index (κ2) is 9.81. The zero-order valence-corrected chi connectivity index (χ0v) is 14.1. The Bertz CT molecular complexity index is 566. The minimum Gasteiger partial charge on any atom is -0.507 e. The summed E-state index contributed by atoms with van der Waals surface area (Å²) >= 11 is 0. The SMILES string of the molecule is C=CC(=O)OCCCCCCOc1ccc(C(O)=C2CCC2)cc1. The molecule has 4 nitrogen and oxygen atoms in total. The number of hydrogen-bond donors (Lipinski definition) is 1. The number of ether oxygens (including phenoxy) is 2. The summed E-state index contributed by atoms with van der Waals surface area (Å²) in [5, 5.41) is 10.1. The molecule has 1 aliphatic rings. The van der Waals surface area contributed by atoms with E-state index in [-0.39, 0.29) is 5.97 Å². The number of rotatable bonds is 10. The molecule has 1 N–H and O–H groups in total. The predicted octanol–water partition coefficient (Wildman–Crippen LogP) is 4.81. The number of allylic oxidation sites excluding steroid dienone is 1. The summed E-state index contributed by atoms with van der Waals surface area (Å²) in [6.45, 7) is 4.47. The van der Waals surface area contributed by atoms with E-state index in [1.54, 1.807) is 0 Å². The van der Waals surface area contributed by atoms with Crippen molar-refractivity contribution in [2.24, 2.45) is 0 Å². The van der Waals surface area contributed by atoms with Gasteiger partial charge in [-0.1, -0.05) is 6.58 Å². The van der Waals surface area contributed by atoms with Gasteiger partial charge in [-0.3, -0.25) is 0 Å². The Morgan fingerprint density at radius 1 is 1.08 bits per heavy atom. The lowest BCUT2D eigenvalue weighted by Gasteiger charge is -2.18. The fraction of sp³-hybridized carbons (Fsp3) is 0.450. The predicted molar refractivity (Wildman–Crippen MR) is 95.0 cm³/mol. The van der Waals surface area contributed by atoms with E-state index in [0.29, 0.717) is 19.0 Å². The Balaban J connectivity index is 1.58. The first-order chi connectivity index (χ1) is 11.7. The molecule has 1 aromatic rings. The Hall–Kier alpha value is -2.23. The first-order valence-corrected chi connectivity index (χ1v) is 8.64. The third kappa shape index (κ3) is 5.76. The number of carbonyl (C=O) groups is 1. The second-order valence-corrected chi connectivity index (χ2v) is 5.96. The van der Waals surface area contributed by atoms with Gasteiger partial charge in [0, 0.05) is 11.6 Å². The molecule has 0 heterocycles. The largest absolute Gasteiger partial charge is 0.507 e. The monoisotopic (exact) mass is 330 g/mol. The van der Waals surface area contributed by atoms with Crippen molar-refractivity contribution in [3.63, 3.8) is 0 Å². The summed E-state index contributed by atoms with van der Waals surface area (Å²) < 4.78 is 10.6. The highest BCUT2D eigenvalue weighted by molar-refractivity contribution is 5.81. The van der Waals surface area contributed by atoms with Gasteiger partial charge in [0.25, 0.3) is 0 Å². The van der Waals surface area contributed by atoms with Gasteiger partial charge >= 0.3 is 5.97 Å². The van der Waals surface area contributed by atoms with Crippen molar-refractivity contribution in [3.8, 4) is 5.75 Å². The van der Waals surface area contributed by atoms with Crippen LogP contribution in [-0.4, -0.2) is 24.3 Å². The van der Waals surface area contributed by atoms with E-state index in [0.717, 1.165) is 55.4 Å². The molecule has 1 fully saturated rings. The number of benzene rings is 1. The van der Waals surface area contributed by atoms with Gasteiger partial charge in [0.2, 0.25) is 0 Å². The first kappa shape index (κ1) is 18.1. The maximum absolute atomic E-state index is 10.8. The van der Waals surface area contributed by atoms with Crippen LogP contribution in [0.15, 0.2) is 42.5 Å². The lowest BCUT2D eigenvalue weighted by atomic mass is 9.89. The van der Waals surface area contributed by atoms with Gasteiger partial charge in [-0.25, -0.2) is 4.79 Å². The highest BCUT2D eigenvalue weighted by Crippen LogP contribution is 2.32. The standard InChI is InChI=1S/C20H26O4/c1-2-19(21)24-15-6-4-3-5-14-23-18-12-10-17(11-13-18)20(22)16-8-7-9-16/h2,10-13,22H,1,3-9,14-15H2. The van der Waals surface area contributed by atoms with E-state index in [1.807, 2.05) is 24.3 Å². The van der Waals surface area contributed by atoms with Crippen molar-refractivity contribution in [2.75, 3.05) is 13.2 Å². The molecule has 0 aliphatic heterocycles. The maximum atomic E-state index is 10.8. The highest BCUT2D eigenvalue weighted by Gasteiger charge is 2.15. The molecular formula is C20H26O4. The first-order valence-electron chi connectivity index (χ1n) is 8.64. The van der Waals surface area contributed by atoms with Crippen LogP contribution in [0.5, 0.6) is 5.75 Å². The van der Waals surface area contributed by atoms with Crippen LogP contribution >= 0.6 is 0 Å². The summed E-state index contributed by atoms with van der Waals surface area (Å²) in [7, 11) is 0. The average molecular weight is 330 g/mol. The molecule has 1 aromatic carbocycles. The molecular weight excluding hydrogens is 304 g/mol. The van der Waals surface area contributed by atoms with Crippen molar-refractivity contribution in [1.29, 1.82) is 0 Å². The van der Waals surface area contributed by atoms with Gasteiger partial charge in [0.1, 0.15) is 11.5 Å². The topological polar surface area (TPSA) is 55.8 Å². The van der Waals surface area contributed by atoms with Gasteiger partial charge in [-0.15, -0.1) is 0 Å². The van der Waals surface area contributed by atoms with E-state index in [2.05, 4.69) is 6.58 Å². The number of aliphatic hydroxyl groups is 1. The minimum atomic E-state index is -0.360. The van der Waals surface area contributed by atoms with Gasteiger partial charge in [-0.05, 0) is 74.8 Å². The number of carbonyl (C=O) groups excluding carboxylic acids is 1. The van der Waals surface area contributed by atoms with Gasteiger partial charge < -0.3 is 14.6 Å². The van der Waals surface area contributed by atoms with E-state index in [4.69, 9.17) is 9.47 Å². The highest BCUT2D eigenvalue weighted by atomic mass is 16.5. The summed E-state index contributed by atoms with van der Waals surface area (Å²) in [4.78, 5) is 10.8. The number of unbranched alkanes of at least 4 members (excludes halogenated alkanes) is 3. The van der Waals surface area contributed by atoms with E-state index >= 15 is 0 Å². The molecule has 1 aliphatic carbocycles. The maximum Gasteiger partial charge on any atom is 0.330 e. The van der Waals surface area contributed by atoms with Gasteiger partial charge in [0.05, 0.1) is 13.2 Å². The fourth-order valence-corrected chi connectivity index (χ4v) is 2.48. The Morgan fingerprint density at radius 3 is 2.33 bits per heavy atom. The zero-order chi connectivity index (χ0) is 17.2. The molecule has 0 atom stereocenters. The summed E-state index contributed by atoms with van der Waals surface area (Å²) in [5.41, 5.74) is 2.02. The molecule has 0 aromatic heterocycles. The smallest absolute Gasteiger partial charge is 0.330 e. The zero-order valence-electron chi connectivity index (χ0n) is 14.1. The Labute approximate surface area is 143 Å². The van der Waals surface area contributed by atoms with Crippen LogP contribution < -0.4 is 4.74 Å². The third-order valence-electron chi connectivity index (χ3n) is 4.14. The van der Waals surface area contributed by atoms with Crippen molar-refractivity contribution in [3.05, 3.63) is 48.1 Å². The molecule has 130 valence electrons. The normalized spacial score (nSPS) is 13.1. The quantitative estimate of drug-likeness (QED) is 0.289. The molecule has 1 saturated carbocycles. The lowest BCUT2D eigenvalue weighted by molar-refractivity contribution is -0.137. The van der Waals surface area contributed by atoms with E-state index in [9.17, 15) is 9.90 Å². The van der Waals surface area contributed by atoms with Crippen LogP contribution in [0.25, 0.3) is 5.76 Å². The molecule has 0 unspecified atom stereocenters. The molecule has 4 heteroatoms. The van der Waals surface area contributed by atoms with Gasteiger partial charge in [0.15, 0.2) is 0 Å². The molecule has 0 spiro atoms. The summed E-state index contributed by atoms with van der Waals surface area (Å²) in [5.74, 6) is 0.899. The third-order valence-corrected chi connectivity index (χ3v) is 4.14. The molecule has 2 rings (SSSR count). The second-order valence-electron chi connectivity index (χ2n) is 5.96. The van der Waals surface area contributed by atoms with Crippen molar-refractivity contribution >= 4 is 11.7 Å². The number of hydrogen-bond acceptors (Lipinski definition) is 4. The van der Waals surface area contributed by atoms with Gasteiger partial charge in [-0.2, -0.15) is 0 Å². The molecule has 0 amide bonds. The van der Waals surface area contributed by atoms with E-state index < -0.39 is 0 Å². The average Bonchev–Trinajstić information content (AvgIpc) is 2.55. The van der Waals surface area contributed by atoms with E-state index in [1.165, 1.54) is 12.5 Å². The molecule has 24 heavy (non-hydrogen) atoms. The lowest BCUT2D eigenvalue weighted by Crippen LogP contribution is -2.02. The van der Waals surface area contributed by atoms with Crippen LogP contribution in [0.1, 0.15) is 50.5 Å². The van der Waals surface area contributed by atoms with Crippen LogP contribution in [0.2, 0.25) is 0 Å². The molecule has 0 radical (unpaired) electrons. The van der Waals surface area contributed by atoms with Crippen LogP contribution in [-0.2, 0) is 9.53 Å². The van der Waals surface area contributed by atoms with Crippen molar-refractivity contribution in [1.82, 2.24) is 0 Å². The minimum absolute atomic E-state index is 0.360.